The van der Waals surface area contributed by atoms with Crippen LogP contribution in [0.5, 0.6) is 0 Å². The summed E-state index contributed by atoms with van der Waals surface area (Å²) < 4.78 is 26.8. The number of thioether (sulfide) groups is 1. The number of nitrogens with zero attached hydrogens (tertiary/aromatic N) is 1. The highest BCUT2D eigenvalue weighted by molar-refractivity contribution is 8.01. The zero-order valence-electron chi connectivity index (χ0n) is 16.8. The van der Waals surface area contributed by atoms with Crippen LogP contribution in [0.15, 0.2) is 52.2 Å². The van der Waals surface area contributed by atoms with Gasteiger partial charge in [-0.05, 0) is 30.3 Å². The largest absolute Gasteiger partial charge is 0.326 e. The van der Waals surface area contributed by atoms with Gasteiger partial charge in [-0.3, -0.25) is 14.4 Å². The molecule has 0 bridgehead atoms. The fourth-order valence-corrected chi connectivity index (χ4v) is 4.23. The van der Waals surface area contributed by atoms with Gasteiger partial charge in [0.25, 0.3) is 0 Å². The van der Waals surface area contributed by atoms with Crippen LogP contribution < -0.4 is 16.0 Å². The van der Waals surface area contributed by atoms with Crippen LogP contribution in [0.3, 0.4) is 0 Å². The van der Waals surface area contributed by atoms with Crippen molar-refractivity contribution in [3.05, 3.63) is 65.2 Å². The lowest BCUT2D eigenvalue weighted by atomic mass is 10.2. The molecule has 0 fully saturated rings. The monoisotopic (exact) mass is 476 g/mol. The van der Waals surface area contributed by atoms with Crippen molar-refractivity contribution in [2.24, 2.45) is 0 Å². The molecule has 0 saturated heterocycles. The van der Waals surface area contributed by atoms with Crippen molar-refractivity contribution in [3.63, 3.8) is 0 Å². The van der Waals surface area contributed by atoms with E-state index in [1.807, 2.05) is 0 Å². The van der Waals surface area contributed by atoms with E-state index >= 15 is 0 Å². The van der Waals surface area contributed by atoms with E-state index < -0.39 is 17.5 Å². The molecule has 0 radical (unpaired) electrons. The predicted molar refractivity (Wildman–Crippen MR) is 121 cm³/mol. The van der Waals surface area contributed by atoms with Gasteiger partial charge >= 0.3 is 0 Å². The third kappa shape index (κ3) is 7.13. The van der Waals surface area contributed by atoms with Crippen molar-refractivity contribution in [3.8, 4) is 0 Å². The van der Waals surface area contributed by atoms with Gasteiger partial charge in [0.05, 0.1) is 17.9 Å². The molecular formula is C21H18F2N4O3S2. The molecule has 3 aromatic rings. The van der Waals surface area contributed by atoms with Crippen LogP contribution in [0.4, 0.5) is 25.8 Å². The molecule has 3 rings (SSSR count). The number of hydrogen-bond acceptors (Lipinski definition) is 6. The first-order chi connectivity index (χ1) is 15.3. The summed E-state index contributed by atoms with van der Waals surface area (Å²) in [4.78, 5) is 39.7. The Labute approximate surface area is 190 Å². The Hall–Kier alpha value is -3.31. The molecule has 1 aromatic heterocycles. The molecule has 2 aromatic carbocycles. The van der Waals surface area contributed by atoms with Gasteiger partial charge in [0.2, 0.25) is 17.7 Å². The van der Waals surface area contributed by atoms with Crippen molar-refractivity contribution in [2.75, 3.05) is 21.7 Å². The fourth-order valence-electron chi connectivity index (χ4n) is 2.58. The average molecular weight is 477 g/mol. The van der Waals surface area contributed by atoms with E-state index in [0.717, 1.165) is 12.1 Å². The van der Waals surface area contributed by atoms with Gasteiger partial charge in [-0.2, -0.15) is 0 Å². The summed E-state index contributed by atoms with van der Waals surface area (Å²) in [5, 5.41) is 9.57. The molecule has 11 heteroatoms. The van der Waals surface area contributed by atoms with Crippen LogP contribution >= 0.6 is 23.1 Å². The number of aromatic nitrogens is 1. The molecule has 3 N–H and O–H groups in total. The summed E-state index contributed by atoms with van der Waals surface area (Å²) in [5.41, 5.74) is 1.78. The predicted octanol–water partition coefficient (Wildman–Crippen LogP) is 4.29. The molecule has 0 spiro atoms. The second-order valence-corrected chi connectivity index (χ2v) is 8.64. The van der Waals surface area contributed by atoms with Crippen LogP contribution in [0.2, 0.25) is 0 Å². The van der Waals surface area contributed by atoms with E-state index in [1.165, 1.54) is 36.1 Å². The third-order valence-corrected chi connectivity index (χ3v) is 5.94. The van der Waals surface area contributed by atoms with Crippen LogP contribution in [0, 0.1) is 11.6 Å². The Bertz CT molecular complexity index is 1150. The number of halogens is 2. The SMILES string of the molecule is CC(=O)Nc1cccc(NC(=O)CSc2nc(CC(=O)Nc3ccc(F)c(F)c3)cs2)c1. The minimum absolute atomic E-state index is 0.0435. The molecule has 0 atom stereocenters. The zero-order valence-corrected chi connectivity index (χ0v) is 18.4. The first-order valence-corrected chi connectivity index (χ1v) is 11.1. The molecule has 0 aliphatic rings. The van der Waals surface area contributed by atoms with Crippen molar-refractivity contribution in [2.45, 2.75) is 17.7 Å². The van der Waals surface area contributed by atoms with Gasteiger partial charge in [-0.1, -0.05) is 17.8 Å². The van der Waals surface area contributed by atoms with E-state index in [0.29, 0.717) is 21.4 Å². The summed E-state index contributed by atoms with van der Waals surface area (Å²) in [6.45, 7) is 1.40. The van der Waals surface area contributed by atoms with Crippen LogP contribution in [0.1, 0.15) is 12.6 Å². The lowest BCUT2D eigenvalue weighted by Gasteiger charge is -2.07. The summed E-state index contributed by atoms with van der Waals surface area (Å²) in [6.07, 6.45) is -0.0435. The standard InChI is InChI=1S/C21H18F2N4O3S2/c1-12(28)24-13-3-2-4-14(7-13)26-20(30)11-32-21-27-16(10-31-21)9-19(29)25-15-5-6-17(22)18(23)8-15/h2-8,10H,9,11H2,1H3,(H,24,28)(H,25,29)(H,26,30). The molecule has 32 heavy (non-hydrogen) atoms. The molecule has 0 aliphatic carbocycles. The van der Waals surface area contributed by atoms with Crippen molar-refractivity contribution < 1.29 is 23.2 Å². The van der Waals surface area contributed by atoms with Gasteiger partial charge in [0.15, 0.2) is 16.0 Å². The van der Waals surface area contributed by atoms with Gasteiger partial charge < -0.3 is 16.0 Å². The summed E-state index contributed by atoms with van der Waals surface area (Å²) in [7, 11) is 0. The van der Waals surface area contributed by atoms with Crippen molar-refractivity contribution >= 4 is 57.9 Å². The van der Waals surface area contributed by atoms with Gasteiger partial charge in [-0.25, -0.2) is 13.8 Å². The number of carbonyl (C=O) groups excluding carboxylic acids is 3. The third-order valence-electron chi connectivity index (χ3n) is 3.87. The number of hydrogen-bond donors (Lipinski definition) is 3. The first-order valence-electron chi connectivity index (χ1n) is 9.28. The first kappa shape index (κ1) is 23.4. The van der Waals surface area contributed by atoms with Crippen molar-refractivity contribution in [1.82, 2.24) is 4.98 Å². The minimum Gasteiger partial charge on any atom is -0.326 e. The van der Waals surface area contributed by atoms with E-state index in [-0.39, 0.29) is 29.7 Å². The summed E-state index contributed by atoms with van der Waals surface area (Å²) >= 11 is 2.52. The molecule has 3 amide bonds. The number of rotatable bonds is 8. The van der Waals surface area contributed by atoms with Crippen LogP contribution in [-0.4, -0.2) is 28.5 Å². The number of carbonyl (C=O) groups is 3. The smallest absolute Gasteiger partial charge is 0.234 e. The molecule has 0 aliphatic heterocycles. The number of amides is 3. The second-order valence-electron chi connectivity index (χ2n) is 6.56. The Morgan fingerprint density at radius 3 is 2.34 bits per heavy atom. The van der Waals surface area contributed by atoms with E-state index in [1.54, 1.807) is 29.6 Å². The Morgan fingerprint density at radius 1 is 0.938 bits per heavy atom. The summed E-state index contributed by atoms with van der Waals surface area (Å²) in [5.74, 6) is -2.80. The molecule has 7 nitrogen and oxygen atoms in total. The van der Waals surface area contributed by atoms with E-state index in [9.17, 15) is 23.2 Å². The average Bonchev–Trinajstić information content (AvgIpc) is 3.16. The molecule has 1 heterocycles. The maximum Gasteiger partial charge on any atom is 0.234 e. The number of benzene rings is 2. The highest BCUT2D eigenvalue weighted by Gasteiger charge is 2.12. The van der Waals surface area contributed by atoms with Gasteiger partial charge in [0.1, 0.15) is 0 Å². The zero-order chi connectivity index (χ0) is 23.1. The molecule has 166 valence electrons. The van der Waals surface area contributed by atoms with E-state index in [2.05, 4.69) is 20.9 Å². The number of anilines is 3. The lowest BCUT2D eigenvalue weighted by molar-refractivity contribution is -0.116. The maximum atomic E-state index is 13.2. The van der Waals surface area contributed by atoms with E-state index in [4.69, 9.17) is 0 Å². The Kier molecular flexibility index (Phi) is 7.90. The highest BCUT2D eigenvalue weighted by atomic mass is 32.2. The van der Waals surface area contributed by atoms with Crippen LogP contribution in [0.25, 0.3) is 0 Å². The van der Waals surface area contributed by atoms with Gasteiger partial charge in [0, 0.05) is 35.4 Å². The molecule has 0 saturated carbocycles. The van der Waals surface area contributed by atoms with Crippen molar-refractivity contribution in [1.29, 1.82) is 0 Å². The maximum absolute atomic E-state index is 13.2. The summed E-state index contributed by atoms with van der Waals surface area (Å²) in [6, 6.07) is 9.89. The topological polar surface area (TPSA) is 100 Å². The lowest BCUT2D eigenvalue weighted by Crippen LogP contribution is -2.15. The number of nitrogens with one attached hydrogen (secondary N) is 3. The quantitative estimate of drug-likeness (QED) is 0.421. The second kappa shape index (κ2) is 10.8. The Morgan fingerprint density at radius 2 is 1.62 bits per heavy atom. The molecular weight excluding hydrogens is 458 g/mol. The normalized spacial score (nSPS) is 10.5. The highest BCUT2D eigenvalue weighted by Crippen LogP contribution is 2.24. The minimum atomic E-state index is -1.05. The fraction of sp³-hybridized carbons (Fsp3) is 0.143. The van der Waals surface area contributed by atoms with Gasteiger partial charge in [-0.15, -0.1) is 11.3 Å². The number of thiazole rings is 1. The van der Waals surface area contributed by atoms with Crippen LogP contribution in [-0.2, 0) is 20.8 Å². The Balaban J connectivity index is 1.47. The molecule has 0 unspecified atom stereocenters.